The second kappa shape index (κ2) is 18.0. The second-order valence-corrected chi connectivity index (χ2v) is 17.4. The Morgan fingerprint density at radius 2 is 1.37 bits per heavy atom. The van der Waals surface area contributed by atoms with Crippen molar-refractivity contribution in [2.24, 2.45) is 11.8 Å². The third kappa shape index (κ3) is 9.04. The number of aromatic amines is 2. The van der Waals surface area contributed by atoms with Crippen molar-refractivity contribution in [3.63, 3.8) is 0 Å². The number of carbonyl (C=O) groups is 4. The minimum Gasteiger partial charge on any atom is -0.453 e. The van der Waals surface area contributed by atoms with Gasteiger partial charge in [-0.1, -0.05) is 65.0 Å². The lowest BCUT2D eigenvalue weighted by molar-refractivity contribution is -0.136. The van der Waals surface area contributed by atoms with E-state index in [-0.39, 0.29) is 47.2 Å². The number of hydrogen-bond acceptors (Lipinski definition) is 8. The molecule has 3 saturated heterocycles. The summed E-state index contributed by atoms with van der Waals surface area (Å²) in [5.74, 6) is 1.19. The average Bonchev–Trinajstić information content (AvgIpc) is 4.09. The summed E-state index contributed by atoms with van der Waals surface area (Å²) in [4.78, 5) is 74.6. The van der Waals surface area contributed by atoms with Gasteiger partial charge in [-0.05, 0) is 78.9 Å². The fraction of sp³-hybridized carbons (Fsp3) is 0.591. The van der Waals surface area contributed by atoms with Gasteiger partial charge in [0.2, 0.25) is 11.8 Å². The highest BCUT2D eigenvalue weighted by Gasteiger charge is 2.40. The summed E-state index contributed by atoms with van der Waals surface area (Å²) in [6, 6.07) is 6.82. The third-order valence-corrected chi connectivity index (χ3v) is 12.8. The van der Waals surface area contributed by atoms with Crippen molar-refractivity contribution < 1.29 is 28.7 Å². The lowest BCUT2D eigenvalue weighted by Gasteiger charge is -2.33. The number of urea groups is 1. The molecule has 1 unspecified atom stereocenters. The maximum Gasteiger partial charge on any atom is 0.407 e. The number of imidazole rings is 2. The first kappa shape index (κ1) is 42.0. The number of alkyl carbamates (subject to hydrolysis) is 1. The molecule has 2 aromatic heterocycles. The molecular formula is C44H61N9O6. The van der Waals surface area contributed by atoms with Gasteiger partial charge in [0, 0.05) is 26.2 Å². The van der Waals surface area contributed by atoms with Gasteiger partial charge in [-0.25, -0.2) is 19.6 Å². The van der Waals surface area contributed by atoms with E-state index in [4.69, 9.17) is 19.4 Å². The molecule has 5 amide bonds. The van der Waals surface area contributed by atoms with Crippen LogP contribution in [0.15, 0.2) is 42.7 Å². The first-order chi connectivity index (χ1) is 28.4. The van der Waals surface area contributed by atoms with E-state index >= 15 is 0 Å². The highest BCUT2D eigenvalue weighted by Crippen LogP contribution is 2.42. The molecule has 318 valence electrons. The number of ether oxygens (including phenoxy) is 2. The van der Waals surface area contributed by atoms with Crippen LogP contribution in [-0.2, 0) is 24.5 Å². The fourth-order valence-electron chi connectivity index (χ4n) is 9.03. The molecule has 0 spiro atoms. The van der Waals surface area contributed by atoms with Gasteiger partial charge in [-0.15, -0.1) is 0 Å². The zero-order valence-electron chi connectivity index (χ0n) is 35.4. The van der Waals surface area contributed by atoms with Crippen LogP contribution in [0.3, 0.4) is 0 Å². The Labute approximate surface area is 347 Å². The van der Waals surface area contributed by atoms with E-state index in [9.17, 15) is 19.2 Å². The van der Waals surface area contributed by atoms with Gasteiger partial charge in [0.05, 0.1) is 56.2 Å². The third-order valence-electron chi connectivity index (χ3n) is 12.8. The predicted molar refractivity (Wildman–Crippen MR) is 223 cm³/mol. The molecule has 0 saturated carbocycles. The quantitative estimate of drug-likeness (QED) is 0.180. The minimum atomic E-state index is -0.680. The molecule has 3 aromatic rings. The number of allylic oxidation sites excluding steroid dienone is 2. The maximum atomic E-state index is 14.0. The SMILES string of the molecule is COC(=O)N[C@H](C(=O)N1CCC[C@H]1c1ncc(-c2ccc(C3(C)CC=C(c4cnc([C@@H]5CCCN5C(=O)[C@@H](NC(=O)N5CCOCC5)C(C)C)[nH]4)CC3)cc2)[nH]1)C(C)C. The Balaban J connectivity index is 0.975. The normalized spacial score (nSPS) is 23.3. The number of hydrogen-bond donors (Lipinski definition) is 4. The Kier molecular flexibility index (Phi) is 12.8. The van der Waals surface area contributed by atoms with E-state index < -0.39 is 18.2 Å². The second-order valence-electron chi connectivity index (χ2n) is 17.4. The number of aromatic nitrogens is 4. The number of morpholine rings is 1. The van der Waals surface area contributed by atoms with Crippen LogP contribution in [0.25, 0.3) is 16.8 Å². The number of H-pyrrole nitrogens is 2. The van der Waals surface area contributed by atoms with Crippen LogP contribution in [0.4, 0.5) is 9.59 Å². The van der Waals surface area contributed by atoms with Crippen molar-refractivity contribution in [3.8, 4) is 11.3 Å². The molecule has 15 nitrogen and oxygen atoms in total. The smallest absolute Gasteiger partial charge is 0.407 e. The molecule has 15 heteroatoms. The standard InChI is InChI=1S/C44H61N9O6/c1-27(2)36(49-42(56)51-21-23-59-24-22-51)40(54)52-19-7-9-34(52)39-46-26-33(48-39)30-15-17-44(5,18-16-30)31-13-11-29(12-14-31)32-25-45-38(47-32)35-10-8-20-53(35)41(55)37(28(3)4)50-43(57)58-6/h11-15,25-28,34-37H,7-10,16-24H2,1-6H3,(H,45,47)(H,46,48)(H,49,56)(H,50,57)/t34-,35-,36-,37-,44?/m0/s1. The van der Waals surface area contributed by atoms with Crippen LogP contribution < -0.4 is 10.6 Å². The van der Waals surface area contributed by atoms with Crippen LogP contribution in [0.1, 0.15) is 115 Å². The Morgan fingerprint density at radius 1 is 0.814 bits per heavy atom. The highest BCUT2D eigenvalue weighted by atomic mass is 16.5. The number of methoxy groups -OCH3 is 1. The minimum absolute atomic E-state index is 0.0356. The first-order valence-corrected chi connectivity index (χ1v) is 21.4. The number of nitrogens with zero attached hydrogens (tertiary/aromatic N) is 5. The number of amides is 5. The molecule has 0 radical (unpaired) electrons. The summed E-state index contributed by atoms with van der Waals surface area (Å²) in [5, 5.41) is 5.73. The molecular weight excluding hydrogens is 751 g/mol. The van der Waals surface area contributed by atoms with E-state index in [1.807, 2.05) is 49.9 Å². The molecule has 3 fully saturated rings. The Bertz CT molecular complexity index is 2000. The van der Waals surface area contributed by atoms with E-state index in [2.05, 4.69) is 57.9 Å². The van der Waals surface area contributed by atoms with Gasteiger partial charge in [0.15, 0.2) is 0 Å². The Hall–Kier alpha value is -5.18. The molecule has 5 heterocycles. The monoisotopic (exact) mass is 811 g/mol. The summed E-state index contributed by atoms with van der Waals surface area (Å²) >= 11 is 0. The van der Waals surface area contributed by atoms with E-state index in [1.54, 1.807) is 4.90 Å². The van der Waals surface area contributed by atoms with Gasteiger partial charge in [0.1, 0.15) is 23.7 Å². The number of nitrogens with one attached hydrogen (secondary N) is 4. The van der Waals surface area contributed by atoms with Crippen LogP contribution in [0.2, 0.25) is 0 Å². The van der Waals surface area contributed by atoms with Crippen LogP contribution in [0.5, 0.6) is 0 Å². The van der Waals surface area contributed by atoms with Gasteiger partial charge in [0.25, 0.3) is 0 Å². The summed E-state index contributed by atoms with van der Waals surface area (Å²) in [5.41, 5.74) is 5.38. The summed E-state index contributed by atoms with van der Waals surface area (Å²) in [7, 11) is 1.30. The van der Waals surface area contributed by atoms with Gasteiger partial charge in [-0.2, -0.15) is 0 Å². The molecule has 59 heavy (non-hydrogen) atoms. The number of rotatable bonds is 11. The van der Waals surface area contributed by atoms with Crippen molar-refractivity contribution in [3.05, 3.63) is 65.6 Å². The summed E-state index contributed by atoms with van der Waals surface area (Å²) in [6.45, 7) is 13.4. The Morgan fingerprint density at radius 3 is 1.92 bits per heavy atom. The number of benzene rings is 1. The summed E-state index contributed by atoms with van der Waals surface area (Å²) in [6.07, 6.45) is 11.5. The molecule has 3 aliphatic heterocycles. The van der Waals surface area contributed by atoms with Gasteiger partial charge >= 0.3 is 12.1 Å². The number of likely N-dealkylation sites (tertiary alicyclic amines) is 2. The number of carbonyl (C=O) groups excluding carboxylic acids is 4. The fourth-order valence-corrected chi connectivity index (χ4v) is 9.03. The molecule has 7 rings (SSSR count). The zero-order valence-corrected chi connectivity index (χ0v) is 35.4. The van der Waals surface area contributed by atoms with Crippen molar-refractivity contribution in [1.29, 1.82) is 0 Å². The lowest BCUT2D eigenvalue weighted by atomic mass is 9.71. The van der Waals surface area contributed by atoms with E-state index in [0.29, 0.717) is 39.4 Å². The van der Waals surface area contributed by atoms with Crippen LogP contribution >= 0.6 is 0 Å². The maximum absolute atomic E-state index is 14.0. The zero-order chi connectivity index (χ0) is 41.8. The molecule has 5 atom stereocenters. The van der Waals surface area contributed by atoms with Crippen molar-refractivity contribution in [2.45, 2.75) is 109 Å². The van der Waals surface area contributed by atoms with Crippen molar-refractivity contribution in [2.75, 3.05) is 46.5 Å². The van der Waals surface area contributed by atoms with Crippen LogP contribution in [-0.4, -0.2) is 117 Å². The van der Waals surface area contributed by atoms with Gasteiger partial charge < -0.3 is 44.8 Å². The van der Waals surface area contributed by atoms with Gasteiger partial charge in [-0.3, -0.25) is 9.59 Å². The molecule has 0 bridgehead atoms. The predicted octanol–water partition coefficient (Wildman–Crippen LogP) is 6.10. The van der Waals surface area contributed by atoms with Crippen molar-refractivity contribution >= 4 is 29.5 Å². The topological polar surface area (TPSA) is 178 Å². The lowest BCUT2D eigenvalue weighted by Crippen LogP contribution is -2.55. The molecule has 1 aliphatic carbocycles. The molecule has 4 N–H and O–H groups in total. The van der Waals surface area contributed by atoms with Crippen LogP contribution in [0, 0.1) is 11.8 Å². The van der Waals surface area contributed by atoms with E-state index in [1.165, 1.54) is 18.2 Å². The molecule has 4 aliphatic rings. The first-order valence-electron chi connectivity index (χ1n) is 21.4. The van der Waals surface area contributed by atoms with E-state index in [0.717, 1.165) is 73.5 Å². The van der Waals surface area contributed by atoms with Crippen molar-refractivity contribution in [1.82, 2.24) is 45.3 Å². The summed E-state index contributed by atoms with van der Waals surface area (Å²) < 4.78 is 10.2. The molecule has 1 aromatic carbocycles. The average molecular weight is 812 g/mol. The largest absolute Gasteiger partial charge is 0.453 e. The highest BCUT2D eigenvalue weighted by molar-refractivity contribution is 5.88.